The summed E-state index contributed by atoms with van der Waals surface area (Å²) in [5.74, 6) is -0.174. The molecule has 0 aliphatic carbocycles. The summed E-state index contributed by atoms with van der Waals surface area (Å²) < 4.78 is 24.9. The second-order valence-electron chi connectivity index (χ2n) is 8.12. The molecule has 29 heavy (non-hydrogen) atoms. The summed E-state index contributed by atoms with van der Waals surface area (Å²) in [5.41, 5.74) is 0.686. The lowest BCUT2D eigenvalue weighted by Gasteiger charge is -2.27. The minimum atomic E-state index is -3.48. The molecule has 0 bridgehead atoms. The highest BCUT2D eigenvalue weighted by molar-refractivity contribution is 7.91. The van der Waals surface area contributed by atoms with Crippen molar-refractivity contribution in [1.29, 1.82) is 0 Å². The molecule has 9 heteroatoms. The molecule has 1 aromatic heterocycles. The number of likely N-dealkylation sites (tertiary alicyclic amines) is 2. The molecule has 0 spiro atoms. The number of sulfone groups is 1. The number of imidazole rings is 1. The van der Waals surface area contributed by atoms with Gasteiger partial charge in [0.1, 0.15) is 0 Å². The van der Waals surface area contributed by atoms with Gasteiger partial charge in [0.2, 0.25) is 5.91 Å². The maximum atomic E-state index is 12.7. The molecule has 2 saturated heterocycles. The van der Waals surface area contributed by atoms with Crippen LogP contribution in [0.4, 0.5) is 0 Å². The summed E-state index contributed by atoms with van der Waals surface area (Å²) in [6.07, 6.45) is 3.41. The fraction of sp³-hybridized carbons (Fsp3) is 0.500. The van der Waals surface area contributed by atoms with Gasteiger partial charge in [-0.1, -0.05) is 18.2 Å². The molecular weight excluding hydrogens is 392 g/mol. The van der Waals surface area contributed by atoms with Gasteiger partial charge in [0, 0.05) is 56.5 Å². The Hall–Kier alpha value is -2.23. The second kappa shape index (κ2) is 7.89. The normalized spacial score (nSPS) is 24.7. The van der Waals surface area contributed by atoms with E-state index in [-0.39, 0.29) is 40.9 Å². The number of aliphatic hydroxyl groups excluding tert-OH is 1. The molecule has 2 unspecified atom stereocenters. The first kappa shape index (κ1) is 20.1. The lowest BCUT2D eigenvalue weighted by Crippen LogP contribution is -2.39. The summed E-state index contributed by atoms with van der Waals surface area (Å²) >= 11 is 0. The number of hydrogen-bond donors (Lipinski definition) is 2. The summed E-state index contributed by atoms with van der Waals surface area (Å²) in [7, 11) is -3.48. The average molecular weight is 419 g/mol. The van der Waals surface area contributed by atoms with Crippen molar-refractivity contribution < 1.29 is 18.3 Å². The topological polar surface area (TPSA) is 107 Å². The zero-order valence-electron chi connectivity index (χ0n) is 16.2. The van der Waals surface area contributed by atoms with E-state index >= 15 is 0 Å². The van der Waals surface area contributed by atoms with E-state index in [1.165, 1.54) is 0 Å². The molecule has 8 nitrogen and oxygen atoms in total. The van der Waals surface area contributed by atoms with Gasteiger partial charge in [0.05, 0.1) is 23.6 Å². The number of carbonyl (C=O) groups excluding carboxylic acids is 1. The zero-order valence-corrected chi connectivity index (χ0v) is 17.0. The molecule has 2 N–H and O–H groups in total. The number of amides is 1. The van der Waals surface area contributed by atoms with Crippen LogP contribution in [0.15, 0.2) is 47.8 Å². The molecule has 3 heterocycles. The van der Waals surface area contributed by atoms with Crippen LogP contribution in [0.3, 0.4) is 0 Å². The highest BCUT2D eigenvalue weighted by atomic mass is 32.2. The van der Waals surface area contributed by atoms with Gasteiger partial charge in [-0.15, -0.1) is 0 Å². The Kier molecular flexibility index (Phi) is 5.46. The quantitative estimate of drug-likeness (QED) is 0.679. The zero-order chi connectivity index (χ0) is 20.5. The van der Waals surface area contributed by atoms with Gasteiger partial charge >= 0.3 is 0 Å². The van der Waals surface area contributed by atoms with Crippen LogP contribution in [0.5, 0.6) is 0 Å². The number of aliphatic hydroxyl groups is 1. The number of benzene rings is 1. The Morgan fingerprint density at radius 2 is 2.03 bits per heavy atom. The third-order valence-electron chi connectivity index (χ3n) is 6.13. The second-order valence-corrected chi connectivity index (χ2v) is 10.2. The van der Waals surface area contributed by atoms with E-state index < -0.39 is 9.84 Å². The van der Waals surface area contributed by atoms with Crippen LogP contribution in [0.2, 0.25) is 0 Å². The number of nitrogens with zero attached hydrogens (tertiary/aromatic N) is 3. The summed E-state index contributed by atoms with van der Waals surface area (Å²) in [6, 6.07) is 8.22. The van der Waals surface area contributed by atoms with Crippen LogP contribution in [-0.4, -0.2) is 77.7 Å². The average Bonchev–Trinajstić information content (AvgIpc) is 3.42. The number of fused-ring (bicyclic) bond motifs is 1. The number of aromatic amines is 1. The van der Waals surface area contributed by atoms with E-state index in [0.29, 0.717) is 19.6 Å². The molecule has 2 aliphatic rings. The van der Waals surface area contributed by atoms with Crippen LogP contribution >= 0.6 is 0 Å². The highest BCUT2D eigenvalue weighted by Crippen LogP contribution is 2.42. The van der Waals surface area contributed by atoms with E-state index in [1.807, 2.05) is 0 Å². The molecule has 2 fully saturated rings. The maximum Gasteiger partial charge on any atom is 0.223 e. The smallest absolute Gasteiger partial charge is 0.223 e. The Morgan fingerprint density at radius 3 is 2.69 bits per heavy atom. The molecule has 2 atom stereocenters. The Morgan fingerprint density at radius 1 is 1.24 bits per heavy atom. The van der Waals surface area contributed by atoms with Crippen molar-refractivity contribution in [3.63, 3.8) is 0 Å². The molecule has 4 rings (SSSR count). The number of carbonyl (C=O) groups is 1. The van der Waals surface area contributed by atoms with Gasteiger partial charge in [-0.25, -0.2) is 13.4 Å². The number of H-pyrrole nitrogens is 1. The SMILES string of the molecule is O=C(CCS(=O)(=O)c1ccccc1)N1CC2CN(Cc3cnc[nH]3)CC2(CO)C1. The first-order valence-corrected chi connectivity index (χ1v) is 11.4. The molecule has 156 valence electrons. The van der Waals surface area contributed by atoms with E-state index in [2.05, 4.69) is 14.9 Å². The number of aromatic nitrogens is 2. The fourth-order valence-corrected chi connectivity index (χ4v) is 5.81. The molecular formula is C20H26N4O4S. The van der Waals surface area contributed by atoms with Crippen molar-refractivity contribution in [1.82, 2.24) is 19.8 Å². The molecule has 0 saturated carbocycles. The van der Waals surface area contributed by atoms with Gasteiger partial charge in [-0.2, -0.15) is 0 Å². The lowest BCUT2D eigenvalue weighted by molar-refractivity contribution is -0.130. The molecule has 0 radical (unpaired) electrons. The Bertz CT molecular complexity index is 948. The van der Waals surface area contributed by atoms with Crippen LogP contribution in [-0.2, 0) is 21.2 Å². The largest absolute Gasteiger partial charge is 0.396 e. The van der Waals surface area contributed by atoms with E-state index in [1.54, 1.807) is 47.8 Å². The number of rotatable bonds is 7. The van der Waals surface area contributed by atoms with E-state index in [0.717, 1.165) is 18.8 Å². The number of nitrogens with one attached hydrogen (secondary N) is 1. The third kappa shape index (κ3) is 4.08. The first-order valence-electron chi connectivity index (χ1n) is 9.78. The maximum absolute atomic E-state index is 12.7. The molecule has 1 amide bonds. The predicted octanol–water partition coefficient (Wildman–Crippen LogP) is 0.526. The van der Waals surface area contributed by atoms with Gasteiger partial charge in [-0.3, -0.25) is 9.69 Å². The van der Waals surface area contributed by atoms with E-state index in [9.17, 15) is 18.3 Å². The highest BCUT2D eigenvalue weighted by Gasteiger charge is 2.52. The standard InChI is InChI=1S/C20H26N4O4S/c25-14-20-12-23(11-17-8-21-15-22-17)9-16(20)10-24(13-20)19(26)6-7-29(27,28)18-4-2-1-3-5-18/h1-5,8,15-16,25H,6-7,9-14H2,(H,21,22). The molecule has 2 aromatic rings. The van der Waals surface area contributed by atoms with Crippen LogP contribution in [0.25, 0.3) is 0 Å². The van der Waals surface area contributed by atoms with Gasteiger partial charge < -0.3 is 15.0 Å². The van der Waals surface area contributed by atoms with Crippen molar-refractivity contribution in [2.24, 2.45) is 11.3 Å². The van der Waals surface area contributed by atoms with E-state index in [4.69, 9.17) is 0 Å². The molecule has 1 aromatic carbocycles. The van der Waals surface area contributed by atoms with Crippen molar-refractivity contribution in [2.75, 3.05) is 38.5 Å². The van der Waals surface area contributed by atoms with Crippen molar-refractivity contribution in [3.05, 3.63) is 48.5 Å². The van der Waals surface area contributed by atoms with Gasteiger partial charge in [0.25, 0.3) is 0 Å². The van der Waals surface area contributed by atoms with Crippen molar-refractivity contribution >= 4 is 15.7 Å². The van der Waals surface area contributed by atoms with Gasteiger partial charge in [0.15, 0.2) is 9.84 Å². The number of hydrogen-bond acceptors (Lipinski definition) is 6. The van der Waals surface area contributed by atoms with Crippen LogP contribution < -0.4 is 0 Å². The predicted molar refractivity (Wildman–Crippen MR) is 107 cm³/mol. The minimum Gasteiger partial charge on any atom is -0.396 e. The monoisotopic (exact) mass is 418 g/mol. The van der Waals surface area contributed by atoms with Gasteiger partial charge in [-0.05, 0) is 18.1 Å². The Labute approximate surface area is 170 Å². The van der Waals surface area contributed by atoms with Crippen LogP contribution in [0.1, 0.15) is 12.1 Å². The third-order valence-corrected chi connectivity index (χ3v) is 7.87. The molecule has 2 aliphatic heterocycles. The first-order chi connectivity index (χ1) is 13.9. The summed E-state index contributed by atoms with van der Waals surface area (Å²) in [6.45, 7) is 3.29. The van der Waals surface area contributed by atoms with Crippen LogP contribution in [0, 0.1) is 11.3 Å². The summed E-state index contributed by atoms with van der Waals surface area (Å²) in [4.78, 5) is 24.1. The summed E-state index contributed by atoms with van der Waals surface area (Å²) in [5, 5.41) is 10.1. The fourth-order valence-electron chi connectivity index (χ4n) is 4.56. The Balaban J connectivity index is 1.35. The minimum absolute atomic E-state index is 0.0171. The van der Waals surface area contributed by atoms with Crippen molar-refractivity contribution in [3.8, 4) is 0 Å². The van der Waals surface area contributed by atoms with Crippen molar-refractivity contribution in [2.45, 2.75) is 17.9 Å². The lowest BCUT2D eigenvalue weighted by atomic mass is 9.82.